The molecule has 0 aliphatic carbocycles. The molecule has 0 spiro atoms. The van der Waals surface area contributed by atoms with Crippen LogP contribution in [0.1, 0.15) is 18.1 Å². The van der Waals surface area contributed by atoms with Crippen molar-refractivity contribution in [2.45, 2.75) is 24.1 Å². The van der Waals surface area contributed by atoms with E-state index in [0.717, 1.165) is 11.1 Å². The zero-order valence-electron chi connectivity index (χ0n) is 17.3. The third kappa shape index (κ3) is 8.44. The number of guanidine groups is 1. The maximum atomic E-state index is 13.5. The van der Waals surface area contributed by atoms with E-state index in [1.807, 2.05) is 13.2 Å². The molecule has 0 aliphatic heterocycles. The molecule has 0 aliphatic rings. The van der Waals surface area contributed by atoms with Gasteiger partial charge in [-0.25, -0.2) is 22.5 Å². The smallest absolute Gasteiger partial charge is 0.242 e. The SMILES string of the molecule is CCNC(=NCc1ccc(F)cc1CSC)NCCNS(=O)(=O)c1ccn(C)c1.I. The molecule has 30 heavy (non-hydrogen) atoms. The number of halogens is 2. The molecule has 1 aromatic heterocycles. The molecule has 0 saturated heterocycles. The minimum absolute atomic E-state index is 0. The number of hydrogen-bond donors (Lipinski definition) is 3. The Morgan fingerprint density at radius 3 is 2.60 bits per heavy atom. The van der Waals surface area contributed by atoms with Gasteiger partial charge in [0.05, 0.1) is 11.4 Å². The minimum Gasteiger partial charge on any atom is -0.357 e. The minimum atomic E-state index is -3.53. The summed E-state index contributed by atoms with van der Waals surface area (Å²) in [7, 11) is -1.76. The fraction of sp³-hybridized carbons (Fsp3) is 0.421. The lowest BCUT2D eigenvalue weighted by atomic mass is 10.1. The second kappa shape index (κ2) is 13.2. The fourth-order valence-electron chi connectivity index (χ4n) is 2.63. The Labute approximate surface area is 199 Å². The molecule has 0 amide bonds. The van der Waals surface area contributed by atoms with E-state index in [-0.39, 0.29) is 41.2 Å². The molecule has 0 unspecified atom stereocenters. The second-order valence-corrected chi connectivity index (χ2v) is 9.01. The van der Waals surface area contributed by atoms with Gasteiger partial charge in [0.2, 0.25) is 10.0 Å². The fourth-order valence-corrected chi connectivity index (χ4v) is 4.29. The van der Waals surface area contributed by atoms with Crippen molar-refractivity contribution in [3.63, 3.8) is 0 Å². The molecule has 11 heteroatoms. The van der Waals surface area contributed by atoms with Crippen LogP contribution in [-0.4, -0.2) is 44.8 Å². The quantitative estimate of drug-likeness (QED) is 0.177. The molecule has 2 rings (SSSR count). The zero-order chi connectivity index (χ0) is 21.3. The van der Waals surface area contributed by atoms with Crippen molar-refractivity contribution in [3.8, 4) is 0 Å². The monoisotopic (exact) mass is 569 g/mol. The van der Waals surface area contributed by atoms with E-state index in [1.54, 1.807) is 54.0 Å². The van der Waals surface area contributed by atoms with Gasteiger partial charge in [0.1, 0.15) is 5.82 Å². The summed E-state index contributed by atoms with van der Waals surface area (Å²) in [5, 5.41) is 6.24. The van der Waals surface area contributed by atoms with Crippen LogP contribution in [0, 0.1) is 5.82 Å². The van der Waals surface area contributed by atoms with Crippen molar-refractivity contribution in [1.82, 2.24) is 19.9 Å². The van der Waals surface area contributed by atoms with Gasteiger partial charge in [0.15, 0.2) is 5.96 Å². The Balaban J connectivity index is 0.00000450. The number of thioether (sulfide) groups is 1. The number of nitrogens with one attached hydrogen (secondary N) is 3. The number of aryl methyl sites for hydroxylation is 1. The van der Waals surface area contributed by atoms with Crippen molar-refractivity contribution in [3.05, 3.63) is 53.6 Å². The van der Waals surface area contributed by atoms with Gasteiger partial charge in [-0.3, -0.25) is 0 Å². The highest BCUT2D eigenvalue weighted by Gasteiger charge is 2.14. The van der Waals surface area contributed by atoms with Crippen LogP contribution >= 0.6 is 35.7 Å². The van der Waals surface area contributed by atoms with Gasteiger partial charge >= 0.3 is 0 Å². The van der Waals surface area contributed by atoms with E-state index in [1.165, 1.54) is 6.07 Å². The van der Waals surface area contributed by atoms with Crippen LogP contribution in [0.5, 0.6) is 0 Å². The number of nitrogens with zero attached hydrogens (tertiary/aromatic N) is 2. The molecule has 168 valence electrons. The molecule has 0 fully saturated rings. The lowest BCUT2D eigenvalue weighted by Crippen LogP contribution is -2.41. The molecule has 0 saturated carbocycles. The topological polar surface area (TPSA) is 87.5 Å². The van der Waals surface area contributed by atoms with Crippen LogP contribution < -0.4 is 15.4 Å². The summed E-state index contributed by atoms with van der Waals surface area (Å²) in [5.41, 5.74) is 1.88. The van der Waals surface area contributed by atoms with Crippen LogP contribution in [0.2, 0.25) is 0 Å². The largest absolute Gasteiger partial charge is 0.357 e. The Bertz CT molecular complexity index is 935. The first-order chi connectivity index (χ1) is 13.9. The Kier molecular flexibility index (Phi) is 11.7. The zero-order valence-corrected chi connectivity index (χ0v) is 21.3. The van der Waals surface area contributed by atoms with E-state index in [9.17, 15) is 12.8 Å². The molecular weight excluding hydrogens is 540 g/mol. The van der Waals surface area contributed by atoms with Crippen LogP contribution in [0.4, 0.5) is 4.39 Å². The predicted molar refractivity (Wildman–Crippen MR) is 132 cm³/mol. The van der Waals surface area contributed by atoms with Gasteiger partial charge in [-0.2, -0.15) is 11.8 Å². The first kappa shape index (κ1) is 26.7. The molecule has 3 N–H and O–H groups in total. The van der Waals surface area contributed by atoms with E-state index in [4.69, 9.17) is 0 Å². The first-order valence-corrected chi connectivity index (χ1v) is 12.1. The highest BCUT2D eigenvalue weighted by molar-refractivity contribution is 14.0. The predicted octanol–water partition coefficient (Wildman–Crippen LogP) is 2.68. The Morgan fingerprint density at radius 2 is 1.97 bits per heavy atom. The summed E-state index contributed by atoms with van der Waals surface area (Å²) in [5.74, 6) is 1.04. The Morgan fingerprint density at radius 1 is 1.20 bits per heavy atom. The third-order valence-electron chi connectivity index (χ3n) is 4.04. The first-order valence-electron chi connectivity index (χ1n) is 9.25. The molecule has 0 atom stereocenters. The summed E-state index contributed by atoms with van der Waals surface area (Å²) < 4.78 is 42.2. The summed E-state index contributed by atoms with van der Waals surface area (Å²) >= 11 is 1.63. The highest BCUT2D eigenvalue weighted by atomic mass is 127. The van der Waals surface area contributed by atoms with Crippen LogP contribution in [-0.2, 0) is 29.4 Å². The molecule has 0 radical (unpaired) electrons. The van der Waals surface area contributed by atoms with Crippen molar-refractivity contribution in [1.29, 1.82) is 0 Å². The van der Waals surface area contributed by atoms with Gasteiger partial charge in [-0.1, -0.05) is 6.07 Å². The number of aromatic nitrogens is 1. The van der Waals surface area contributed by atoms with Gasteiger partial charge < -0.3 is 15.2 Å². The van der Waals surface area contributed by atoms with E-state index >= 15 is 0 Å². The third-order valence-corrected chi connectivity index (χ3v) is 6.09. The normalized spacial score (nSPS) is 11.8. The molecular formula is C19H29FIN5O2S2. The molecule has 0 bridgehead atoms. The average Bonchev–Trinajstić information content (AvgIpc) is 3.12. The van der Waals surface area contributed by atoms with Crippen molar-refractivity contribution in [2.24, 2.45) is 12.0 Å². The maximum Gasteiger partial charge on any atom is 0.242 e. The van der Waals surface area contributed by atoms with Crippen LogP contribution in [0.15, 0.2) is 46.5 Å². The summed E-state index contributed by atoms with van der Waals surface area (Å²) in [4.78, 5) is 4.77. The number of benzene rings is 1. The lowest BCUT2D eigenvalue weighted by molar-refractivity contribution is 0.580. The summed E-state index contributed by atoms with van der Waals surface area (Å²) in [6.07, 6.45) is 5.21. The number of hydrogen-bond acceptors (Lipinski definition) is 4. The highest BCUT2D eigenvalue weighted by Crippen LogP contribution is 2.17. The number of aliphatic imine (C=N–C) groups is 1. The molecule has 2 aromatic rings. The van der Waals surface area contributed by atoms with E-state index in [2.05, 4.69) is 20.3 Å². The summed E-state index contributed by atoms with van der Waals surface area (Å²) in [6, 6.07) is 6.28. The maximum absolute atomic E-state index is 13.5. The molecule has 7 nitrogen and oxygen atoms in total. The molecule has 1 aromatic carbocycles. The van der Waals surface area contributed by atoms with Crippen LogP contribution in [0.25, 0.3) is 0 Å². The number of sulfonamides is 1. The standard InChI is InChI=1S/C19H28FN5O2S2.HI/c1-4-21-19(23-12-15-5-6-17(20)11-16(15)14-28-3)22-8-9-24-29(26,27)18-7-10-25(2)13-18;/h5-7,10-11,13,24H,4,8-9,12,14H2,1-3H3,(H2,21,22,23);1H. The van der Waals surface area contributed by atoms with Gasteiger partial charge in [0.25, 0.3) is 0 Å². The molecule has 1 heterocycles. The van der Waals surface area contributed by atoms with Crippen LogP contribution in [0.3, 0.4) is 0 Å². The van der Waals surface area contributed by atoms with E-state index < -0.39 is 10.0 Å². The van der Waals surface area contributed by atoms with Crippen molar-refractivity contribution < 1.29 is 12.8 Å². The van der Waals surface area contributed by atoms with Gasteiger partial charge in [-0.15, -0.1) is 24.0 Å². The van der Waals surface area contributed by atoms with Crippen molar-refractivity contribution in [2.75, 3.05) is 25.9 Å². The number of rotatable bonds is 10. The van der Waals surface area contributed by atoms with Crippen molar-refractivity contribution >= 4 is 51.7 Å². The van der Waals surface area contributed by atoms with E-state index in [0.29, 0.717) is 31.3 Å². The lowest BCUT2D eigenvalue weighted by Gasteiger charge is -2.13. The Hall–Kier alpha value is -1.31. The van der Waals surface area contributed by atoms with Gasteiger partial charge in [-0.05, 0) is 42.5 Å². The average molecular weight is 570 g/mol. The second-order valence-electron chi connectivity index (χ2n) is 6.38. The van der Waals surface area contributed by atoms with Gasteiger partial charge in [0, 0.05) is 44.8 Å². The summed E-state index contributed by atoms with van der Waals surface area (Å²) in [6.45, 7) is 3.62.